The molecule has 0 saturated carbocycles. The minimum Gasteiger partial charge on any atom is -0.325 e. The average Bonchev–Trinajstić information content (AvgIpc) is 3.08. The molecule has 29 heavy (non-hydrogen) atoms. The van der Waals surface area contributed by atoms with Crippen molar-refractivity contribution in [3.05, 3.63) is 66.0 Å². The van der Waals surface area contributed by atoms with E-state index in [4.69, 9.17) is 5.14 Å². The Morgan fingerprint density at radius 1 is 1.14 bits per heavy atom. The van der Waals surface area contributed by atoms with E-state index in [1.165, 1.54) is 30.0 Å². The summed E-state index contributed by atoms with van der Waals surface area (Å²) in [6.07, 6.45) is 0.661. The molecule has 1 aromatic heterocycles. The molecule has 0 spiro atoms. The lowest BCUT2D eigenvalue weighted by atomic mass is 10.1. The first-order valence-corrected chi connectivity index (χ1v) is 11.4. The number of sulfonamides is 1. The number of carbonyl (C=O) groups is 1. The van der Waals surface area contributed by atoms with Gasteiger partial charge in [0, 0.05) is 18.7 Å². The van der Waals surface area contributed by atoms with E-state index in [0.717, 1.165) is 11.4 Å². The summed E-state index contributed by atoms with van der Waals surface area (Å²) < 4.78 is 24.8. The van der Waals surface area contributed by atoms with Gasteiger partial charge in [-0.3, -0.25) is 4.79 Å². The van der Waals surface area contributed by atoms with Crippen molar-refractivity contribution in [3.63, 3.8) is 0 Å². The van der Waals surface area contributed by atoms with Crippen LogP contribution in [-0.4, -0.2) is 34.8 Å². The fraction of sp³-hybridized carbons (Fsp3) is 0.211. The number of hydrogen-bond donors (Lipinski definition) is 2. The monoisotopic (exact) mass is 431 g/mol. The number of nitrogens with zero attached hydrogens (tertiary/aromatic N) is 3. The van der Waals surface area contributed by atoms with Crippen molar-refractivity contribution in [2.45, 2.75) is 29.9 Å². The Labute approximate surface area is 173 Å². The van der Waals surface area contributed by atoms with E-state index in [1.54, 1.807) is 6.07 Å². The first-order valence-electron chi connectivity index (χ1n) is 8.88. The lowest BCUT2D eigenvalue weighted by molar-refractivity contribution is -0.113. The lowest BCUT2D eigenvalue weighted by Gasteiger charge is -2.08. The molecule has 1 amide bonds. The molecular formula is C19H21N5O3S2. The third kappa shape index (κ3) is 5.66. The van der Waals surface area contributed by atoms with Gasteiger partial charge in [0.25, 0.3) is 0 Å². The Balaban J connectivity index is 1.63. The predicted octanol–water partition coefficient (Wildman–Crippen LogP) is 2.27. The molecule has 0 bridgehead atoms. The zero-order valence-corrected chi connectivity index (χ0v) is 17.4. The van der Waals surface area contributed by atoms with Crippen molar-refractivity contribution in [1.29, 1.82) is 0 Å². The quantitative estimate of drug-likeness (QED) is 0.528. The molecule has 0 aliphatic carbocycles. The predicted molar refractivity (Wildman–Crippen MR) is 112 cm³/mol. The van der Waals surface area contributed by atoms with Crippen LogP contribution in [0.15, 0.2) is 64.6 Å². The van der Waals surface area contributed by atoms with Crippen LogP contribution in [-0.2, 0) is 27.8 Å². The van der Waals surface area contributed by atoms with Gasteiger partial charge in [-0.05, 0) is 30.7 Å². The number of nitrogens with two attached hydrogens (primary N) is 1. The van der Waals surface area contributed by atoms with Crippen molar-refractivity contribution >= 4 is 33.4 Å². The molecule has 0 aliphatic rings. The van der Waals surface area contributed by atoms with Crippen LogP contribution in [0.3, 0.4) is 0 Å². The van der Waals surface area contributed by atoms with E-state index >= 15 is 0 Å². The Morgan fingerprint density at radius 2 is 1.90 bits per heavy atom. The molecule has 1 heterocycles. The second-order valence-electron chi connectivity index (χ2n) is 6.22. The largest absolute Gasteiger partial charge is 0.325 e. The maximum absolute atomic E-state index is 12.3. The van der Waals surface area contributed by atoms with E-state index in [1.807, 2.05) is 41.8 Å². The summed E-state index contributed by atoms with van der Waals surface area (Å²) in [4.78, 5) is 12.2. The van der Waals surface area contributed by atoms with Gasteiger partial charge in [-0.15, -0.1) is 10.2 Å². The SMILES string of the molecule is CCn1c(Cc2ccccc2)nnc1SCC(=O)Nc1cccc(S(N)(=O)=O)c1. The van der Waals surface area contributed by atoms with Crippen LogP contribution in [0.4, 0.5) is 5.69 Å². The third-order valence-corrected chi connectivity index (χ3v) is 5.97. The van der Waals surface area contributed by atoms with Gasteiger partial charge in [0.2, 0.25) is 15.9 Å². The Hall–Kier alpha value is -2.69. The van der Waals surface area contributed by atoms with Crippen LogP contribution < -0.4 is 10.5 Å². The highest BCUT2D eigenvalue weighted by Crippen LogP contribution is 2.20. The molecule has 2 aromatic carbocycles. The molecule has 0 aliphatic heterocycles. The van der Waals surface area contributed by atoms with Gasteiger partial charge in [-0.25, -0.2) is 13.6 Å². The van der Waals surface area contributed by atoms with Crippen molar-refractivity contribution < 1.29 is 13.2 Å². The molecule has 0 fully saturated rings. The number of carbonyl (C=O) groups excluding carboxylic acids is 1. The molecule has 0 radical (unpaired) electrons. The number of aromatic nitrogens is 3. The van der Waals surface area contributed by atoms with Crippen LogP contribution in [0.5, 0.6) is 0 Å². The Kier molecular flexibility index (Phi) is 6.68. The fourth-order valence-electron chi connectivity index (χ4n) is 2.73. The summed E-state index contributed by atoms with van der Waals surface area (Å²) in [5.74, 6) is 0.669. The number of anilines is 1. The highest BCUT2D eigenvalue weighted by molar-refractivity contribution is 7.99. The molecule has 8 nitrogen and oxygen atoms in total. The molecule has 0 saturated heterocycles. The molecule has 0 unspecified atom stereocenters. The maximum atomic E-state index is 12.3. The van der Waals surface area contributed by atoms with Gasteiger partial charge < -0.3 is 9.88 Å². The van der Waals surface area contributed by atoms with Crippen LogP contribution in [0.1, 0.15) is 18.3 Å². The molecular weight excluding hydrogens is 410 g/mol. The van der Waals surface area contributed by atoms with Gasteiger partial charge in [-0.2, -0.15) is 0 Å². The van der Waals surface area contributed by atoms with Crippen molar-refractivity contribution in [3.8, 4) is 0 Å². The molecule has 152 valence electrons. The third-order valence-electron chi connectivity index (χ3n) is 4.09. The number of primary sulfonamides is 1. The molecule has 3 N–H and O–H groups in total. The number of amides is 1. The fourth-order valence-corrected chi connectivity index (χ4v) is 4.11. The van der Waals surface area contributed by atoms with Gasteiger partial charge in [0.05, 0.1) is 10.6 Å². The number of thioether (sulfide) groups is 1. The zero-order chi connectivity index (χ0) is 20.9. The minimum absolute atomic E-state index is 0.0563. The summed E-state index contributed by atoms with van der Waals surface area (Å²) in [6, 6.07) is 15.8. The van der Waals surface area contributed by atoms with Gasteiger partial charge in [0.1, 0.15) is 5.82 Å². The Morgan fingerprint density at radius 3 is 2.59 bits per heavy atom. The maximum Gasteiger partial charge on any atom is 0.238 e. The summed E-state index contributed by atoms with van der Waals surface area (Å²) >= 11 is 1.27. The number of rotatable bonds is 8. The van der Waals surface area contributed by atoms with Gasteiger partial charge >= 0.3 is 0 Å². The summed E-state index contributed by atoms with van der Waals surface area (Å²) in [5.41, 5.74) is 1.50. The summed E-state index contributed by atoms with van der Waals surface area (Å²) in [7, 11) is -3.83. The highest BCUT2D eigenvalue weighted by Gasteiger charge is 2.14. The van der Waals surface area contributed by atoms with Crippen LogP contribution in [0.25, 0.3) is 0 Å². The number of benzene rings is 2. The zero-order valence-electron chi connectivity index (χ0n) is 15.8. The van der Waals surface area contributed by atoms with E-state index in [-0.39, 0.29) is 16.6 Å². The van der Waals surface area contributed by atoms with E-state index in [0.29, 0.717) is 23.8 Å². The second-order valence-corrected chi connectivity index (χ2v) is 8.72. The van der Waals surface area contributed by atoms with Crippen LogP contribution in [0, 0.1) is 0 Å². The van der Waals surface area contributed by atoms with Crippen molar-refractivity contribution in [2.24, 2.45) is 5.14 Å². The standard InChI is InChI=1S/C19H21N5O3S2/c1-2-24-17(11-14-7-4-3-5-8-14)22-23-19(24)28-13-18(25)21-15-9-6-10-16(12-15)29(20,26)27/h3-10,12H,2,11,13H2,1H3,(H,21,25)(H2,20,26,27). The van der Waals surface area contributed by atoms with E-state index in [2.05, 4.69) is 15.5 Å². The minimum atomic E-state index is -3.83. The number of hydrogen-bond acceptors (Lipinski definition) is 6. The first kappa shape index (κ1) is 21.0. The van der Waals surface area contributed by atoms with E-state index < -0.39 is 10.0 Å². The van der Waals surface area contributed by atoms with Gasteiger partial charge in [0.15, 0.2) is 5.16 Å². The average molecular weight is 432 g/mol. The normalized spacial score (nSPS) is 11.4. The Bertz CT molecular complexity index is 1100. The summed E-state index contributed by atoms with van der Waals surface area (Å²) in [6.45, 7) is 2.69. The van der Waals surface area contributed by atoms with E-state index in [9.17, 15) is 13.2 Å². The number of nitrogens with one attached hydrogen (secondary N) is 1. The van der Waals surface area contributed by atoms with Crippen molar-refractivity contribution in [1.82, 2.24) is 14.8 Å². The van der Waals surface area contributed by atoms with Gasteiger partial charge in [-0.1, -0.05) is 48.2 Å². The second kappa shape index (κ2) is 9.21. The molecule has 3 rings (SSSR count). The van der Waals surface area contributed by atoms with Crippen LogP contribution in [0.2, 0.25) is 0 Å². The summed E-state index contributed by atoms with van der Waals surface area (Å²) in [5, 5.41) is 16.9. The lowest BCUT2D eigenvalue weighted by Crippen LogP contribution is -2.16. The first-order chi connectivity index (χ1) is 13.9. The topological polar surface area (TPSA) is 120 Å². The molecule has 3 aromatic rings. The highest BCUT2D eigenvalue weighted by atomic mass is 32.2. The van der Waals surface area contributed by atoms with Crippen molar-refractivity contribution in [2.75, 3.05) is 11.1 Å². The molecule has 10 heteroatoms. The smallest absolute Gasteiger partial charge is 0.238 e. The van der Waals surface area contributed by atoms with Crippen LogP contribution >= 0.6 is 11.8 Å². The molecule has 0 atom stereocenters.